The van der Waals surface area contributed by atoms with Crippen molar-refractivity contribution in [2.45, 2.75) is 25.9 Å². The Morgan fingerprint density at radius 1 is 1.03 bits per heavy atom. The second-order valence-electron chi connectivity index (χ2n) is 7.56. The van der Waals surface area contributed by atoms with Crippen LogP contribution in [0, 0.1) is 0 Å². The first-order chi connectivity index (χ1) is 15.6. The van der Waals surface area contributed by atoms with E-state index >= 15 is 0 Å². The van der Waals surface area contributed by atoms with Crippen molar-refractivity contribution in [2.75, 3.05) is 6.61 Å². The monoisotopic (exact) mass is 435 g/mol. The van der Waals surface area contributed by atoms with E-state index in [2.05, 4.69) is 25.5 Å². The first-order valence-electron chi connectivity index (χ1n) is 10.4. The maximum Gasteiger partial charge on any atom is 0.242 e. The number of amides is 1. The highest BCUT2D eigenvalue weighted by atomic mass is 16.3. The molecule has 9 nitrogen and oxygen atoms in total. The summed E-state index contributed by atoms with van der Waals surface area (Å²) in [5.74, 6) is 0.432. The van der Waals surface area contributed by atoms with Crippen molar-refractivity contribution in [1.82, 2.24) is 34.8 Å². The molecule has 9 heteroatoms. The molecular weight excluding hydrogens is 406 g/mol. The van der Waals surface area contributed by atoms with E-state index in [1.807, 2.05) is 50.6 Å². The Morgan fingerprint density at radius 2 is 1.75 bits per heavy atom. The first kappa shape index (κ1) is 21.4. The highest BCUT2D eigenvalue weighted by Gasteiger charge is 2.12. The van der Waals surface area contributed by atoms with Crippen LogP contribution in [0.5, 0.6) is 0 Å². The quantitative estimate of drug-likeness (QED) is 0.440. The molecule has 0 aliphatic carbocycles. The number of nitrogens with one attached hydrogen (secondary N) is 1. The minimum atomic E-state index is -0.241. The lowest BCUT2D eigenvalue weighted by Gasteiger charge is -2.13. The van der Waals surface area contributed by atoms with E-state index in [1.54, 1.807) is 34.2 Å². The topological polar surface area (TPSA) is 111 Å². The van der Waals surface area contributed by atoms with Gasteiger partial charge in [0.25, 0.3) is 0 Å². The minimum absolute atomic E-state index is 0. The van der Waals surface area contributed by atoms with Gasteiger partial charge in [-0.25, -0.2) is 9.97 Å². The van der Waals surface area contributed by atoms with Crippen molar-refractivity contribution in [3.05, 3.63) is 61.4 Å². The number of aromatic nitrogens is 6. The number of hydrogen-bond donors (Lipinski definition) is 2. The van der Waals surface area contributed by atoms with Gasteiger partial charge in [0.05, 0.1) is 25.0 Å². The summed E-state index contributed by atoms with van der Waals surface area (Å²) in [6, 6.07) is 7.78. The van der Waals surface area contributed by atoms with Crippen LogP contribution in [0.2, 0.25) is 0 Å². The normalized spacial score (nSPS) is 12.0. The Bertz CT molecular complexity index is 1200. The van der Waals surface area contributed by atoms with Gasteiger partial charge in [-0.15, -0.1) is 0 Å². The summed E-state index contributed by atoms with van der Waals surface area (Å²) < 4.78 is 3.33. The third kappa shape index (κ3) is 4.89. The number of aliphatic hydroxyl groups excluding tert-OH is 1. The molecule has 1 aromatic carbocycles. The lowest BCUT2D eigenvalue weighted by atomic mass is 10.1. The van der Waals surface area contributed by atoms with Crippen LogP contribution >= 0.6 is 0 Å². The van der Waals surface area contributed by atoms with E-state index < -0.39 is 0 Å². The number of carbonyl (C=O) groups is 1. The molecule has 3 aromatic heterocycles. The van der Waals surface area contributed by atoms with Crippen LogP contribution in [0.3, 0.4) is 0 Å². The fraction of sp³-hybridized carbons (Fsp3) is 0.261. The lowest BCUT2D eigenvalue weighted by molar-refractivity contribution is -0.122. The largest absolute Gasteiger partial charge is 0.394 e. The van der Waals surface area contributed by atoms with E-state index in [4.69, 9.17) is 0 Å². The summed E-state index contributed by atoms with van der Waals surface area (Å²) >= 11 is 0. The molecule has 1 amide bonds. The predicted molar refractivity (Wildman–Crippen MR) is 124 cm³/mol. The van der Waals surface area contributed by atoms with Crippen molar-refractivity contribution in [3.63, 3.8) is 0 Å². The zero-order valence-electron chi connectivity index (χ0n) is 18.0. The Hall–Kier alpha value is -3.85. The molecule has 0 spiro atoms. The molecule has 0 fully saturated rings. The average molecular weight is 436 g/mol. The smallest absolute Gasteiger partial charge is 0.242 e. The van der Waals surface area contributed by atoms with Crippen molar-refractivity contribution in [1.29, 1.82) is 0 Å². The second-order valence-corrected chi connectivity index (χ2v) is 7.56. The Morgan fingerprint density at radius 3 is 2.44 bits per heavy atom. The van der Waals surface area contributed by atoms with Crippen molar-refractivity contribution in [3.8, 4) is 33.6 Å². The molecule has 1 unspecified atom stereocenters. The number of nitrogens with zero attached hydrogens (tertiary/aromatic N) is 6. The van der Waals surface area contributed by atoms with Crippen LogP contribution < -0.4 is 5.32 Å². The molecule has 3 heterocycles. The molecule has 168 valence electrons. The molecule has 4 rings (SSSR count). The van der Waals surface area contributed by atoms with E-state index in [0.29, 0.717) is 12.2 Å². The van der Waals surface area contributed by atoms with E-state index in [0.717, 1.165) is 27.8 Å². The fourth-order valence-corrected chi connectivity index (χ4v) is 3.33. The van der Waals surface area contributed by atoms with Gasteiger partial charge in [-0.2, -0.15) is 10.2 Å². The standard InChI is InChI=1S/C23H25N7O2.2H2/c1-3-21(15-31)28-22(32)14-30-13-20(11-27-30)18-8-24-23(25-9-18)17-6-4-5-16(7-17)19-10-26-29(2)12-19;;/h4-13,21,31H,3,14-15H2,1-2H3,(H,28,32);2*1H. The van der Waals surface area contributed by atoms with Crippen molar-refractivity contribution < 1.29 is 12.8 Å². The second kappa shape index (κ2) is 9.52. The molecule has 0 bridgehead atoms. The number of hydrogen-bond acceptors (Lipinski definition) is 6. The molecular formula is C23H29N7O2. The highest BCUT2D eigenvalue weighted by Crippen LogP contribution is 2.25. The van der Waals surface area contributed by atoms with E-state index in [-0.39, 0.29) is 28.0 Å². The molecule has 0 saturated carbocycles. The van der Waals surface area contributed by atoms with Crippen LogP contribution in [0.25, 0.3) is 33.6 Å². The van der Waals surface area contributed by atoms with Crippen molar-refractivity contribution in [2.24, 2.45) is 7.05 Å². The predicted octanol–water partition coefficient (Wildman–Crippen LogP) is 2.79. The van der Waals surface area contributed by atoms with Gasteiger partial charge in [0, 0.05) is 56.9 Å². The van der Waals surface area contributed by atoms with Gasteiger partial charge >= 0.3 is 0 Å². The third-order valence-electron chi connectivity index (χ3n) is 5.16. The van der Waals surface area contributed by atoms with Crippen LogP contribution in [-0.2, 0) is 18.4 Å². The maximum atomic E-state index is 12.1. The average Bonchev–Trinajstić information content (AvgIpc) is 3.47. The number of aliphatic hydroxyl groups is 1. The molecule has 32 heavy (non-hydrogen) atoms. The zero-order valence-corrected chi connectivity index (χ0v) is 18.0. The molecule has 0 saturated heterocycles. The number of aryl methyl sites for hydroxylation is 1. The first-order valence-corrected chi connectivity index (χ1v) is 10.4. The van der Waals surface area contributed by atoms with Gasteiger partial charge in [0.15, 0.2) is 5.82 Å². The Balaban J connectivity index is 0.00000204. The molecule has 1 atom stereocenters. The van der Waals surface area contributed by atoms with Crippen LogP contribution in [-0.4, -0.2) is 53.2 Å². The van der Waals surface area contributed by atoms with Crippen LogP contribution in [0.1, 0.15) is 16.2 Å². The molecule has 4 aromatic rings. The Kier molecular flexibility index (Phi) is 6.37. The van der Waals surface area contributed by atoms with Gasteiger partial charge in [-0.1, -0.05) is 25.1 Å². The zero-order chi connectivity index (χ0) is 22.5. The third-order valence-corrected chi connectivity index (χ3v) is 5.16. The molecule has 2 N–H and O–H groups in total. The summed E-state index contributed by atoms with van der Waals surface area (Å²) in [6.07, 6.45) is 11.4. The van der Waals surface area contributed by atoms with Crippen LogP contribution in [0.4, 0.5) is 0 Å². The molecule has 0 aliphatic heterocycles. The van der Waals surface area contributed by atoms with Gasteiger partial charge in [0.2, 0.25) is 5.91 Å². The van der Waals surface area contributed by atoms with E-state index in [1.165, 1.54) is 0 Å². The number of rotatable bonds is 8. The fourth-order valence-electron chi connectivity index (χ4n) is 3.33. The Labute approximate surface area is 188 Å². The minimum Gasteiger partial charge on any atom is -0.394 e. The van der Waals surface area contributed by atoms with E-state index in [9.17, 15) is 9.90 Å². The summed E-state index contributed by atoms with van der Waals surface area (Å²) in [7, 11) is 1.89. The highest BCUT2D eigenvalue weighted by molar-refractivity contribution is 5.76. The summed E-state index contributed by atoms with van der Waals surface area (Å²) in [5.41, 5.74) is 4.63. The summed E-state index contributed by atoms with van der Waals surface area (Å²) in [5, 5.41) is 20.5. The summed E-state index contributed by atoms with van der Waals surface area (Å²) in [6.45, 7) is 1.91. The van der Waals surface area contributed by atoms with Crippen LogP contribution in [0.15, 0.2) is 61.4 Å². The van der Waals surface area contributed by atoms with Gasteiger partial charge in [-0.3, -0.25) is 14.2 Å². The van der Waals surface area contributed by atoms with Gasteiger partial charge in [-0.05, 0) is 18.1 Å². The number of carbonyl (C=O) groups excluding carboxylic acids is 1. The maximum absolute atomic E-state index is 12.1. The number of benzene rings is 1. The molecule has 0 radical (unpaired) electrons. The SMILES string of the molecule is CCC(CO)NC(=O)Cn1cc(-c2cnc(-c3cccc(-c4cnn(C)c4)c3)nc2)cn1.[HH].[HH]. The molecule has 0 aliphatic rings. The lowest BCUT2D eigenvalue weighted by Crippen LogP contribution is -2.38. The van der Waals surface area contributed by atoms with Crippen molar-refractivity contribution >= 4 is 5.91 Å². The summed E-state index contributed by atoms with van der Waals surface area (Å²) in [4.78, 5) is 21.1. The van der Waals surface area contributed by atoms with Gasteiger partial charge in [0.1, 0.15) is 6.54 Å². The van der Waals surface area contributed by atoms with Gasteiger partial charge < -0.3 is 10.4 Å².